The van der Waals surface area contributed by atoms with Crippen LogP contribution in [0, 0.1) is 83.1 Å². The summed E-state index contributed by atoms with van der Waals surface area (Å²) >= 11 is 0. The van der Waals surface area contributed by atoms with Crippen LogP contribution < -0.4 is 0 Å². The molecule has 1 unspecified atom stereocenters. The normalized spacial score (nSPS) is 12.0. The van der Waals surface area contributed by atoms with Gasteiger partial charge in [-0.25, -0.2) is 0 Å². The first-order valence-corrected chi connectivity index (χ1v) is 24.7. The van der Waals surface area contributed by atoms with Gasteiger partial charge in [-0.2, -0.15) is 0 Å². The largest absolute Gasteiger partial charge is 0.0683 e. The molecule has 0 spiro atoms. The Morgan fingerprint density at radius 1 is 0.388 bits per heavy atom. The Balaban J connectivity index is 0.000000209. The lowest BCUT2D eigenvalue weighted by molar-refractivity contribution is 0.801. The zero-order chi connectivity index (χ0) is 48.4. The van der Waals surface area contributed by atoms with Gasteiger partial charge in [0.05, 0.1) is 0 Å². The second-order valence-electron chi connectivity index (χ2n) is 19.3. The summed E-state index contributed by atoms with van der Waals surface area (Å²) in [6.07, 6.45) is 3.06. The molecule has 344 valence electrons. The molecule has 0 N–H and O–H groups in total. The summed E-state index contributed by atoms with van der Waals surface area (Å²) in [7, 11) is 0. The molecule has 0 saturated heterocycles. The molecular formula is C67H76. The maximum atomic E-state index is 2.41. The van der Waals surface area contributed by atoms with Crippen molar-refractivity contribution in [2.45, 2.75) is 128 Å². The number of benzene rings is 8. The second-order valence-corrected chi connectivity index (χ2v) is 19.3. The van der Waals surface area contributed by atoms with Crippen LogP contribution in [0.15, 0.2) is 158 Å². The smallest absolute Gasteiger partial charge is 0.0350 e. The molecule has 67 heavy (non-hydrogen) atoms. The van der Waals surface area contributed by atoms with Crippen molar-refractivity contribution in [2.24, 2.45) is 0 Å². The molecule has 0 aromatic heterocycles. The van der Waals surface area contributed by atoms with Crippen molar-refractivity contribution in [3.8, 4) is 0 Å². The van der Waals surface area contributed by atoms with E-state index in [1.807, 2.05) is 13.8 Å². The van der Waals surface area contributed by atoms with Crippen LogP contribution in [-0.2, 0) is 19.3 Å². The SMILES string of the molecule is CC.Cc1cc(C)c(C)c(C)c1.Cc1cc(C)c2c(c1)Cc1cc(C)cc(C)c1C2c1ccc(C(Cc2ccccc2)c2ccccc2)cc1.Cc1ccc(Cc2c(C)cc(C)cc2C)cc1. The molecule has 8 aromatic rings. The van der Waals surface area contributed by atoms with Crippen molar-refractivity contribution in [3.63, 3.8) is 0 Å². The summed E-state index contributed by atoms with van der Waals surface area (Å²) in [5, 5.41) is 0. The van der Waals surface area contributed by atoms with Crippen LogP contribution in [0.2, 0.25) is 0 Å². The molecule has 0 radical (unpaired) electrons. The standard InChI is InChI=1S/C38H36.C17H20.C10H14.C2H6/c1-25-19-27(3)36-33(21-25)24-34-22-26(2)20-28(4)37(34)38(36)32-17-15-31(16-18-32)35(30-13-9-6-10-14-30)23-29-11-7-5-8-12-29;1-12-5-7-16(8-6-12)11-17-14(3)9-13(2)10-15(17)4;1-7-5-8(2)10(4)9(3)6-7;1-2/h5-22,35,38H,23-24H2,1-4H3;5-10H,11H2,1-4H3;5-6H,1-4H3;1-2H3. The van der Waals surface area contributed by atoms with E-state index < -0.39 is 0 Å². The Morgan fingerprint density at radius 2 is 0.806 bits per heavy atom. The third-order valence-corrected chi connectivity index (χ3v) is 13.8. The minimum Gasteiger partial charge on any atom is -0.0683 e. The van der Waals surface area contributed by atoms with Gasteiger partial charge in [0.15, 0.2) is 0 Å². The summed E-state index contributed by atoms with van der Waals surface area (Å²) < 4.78 is 0. The maximum absolute atomic E-state index is 2.41. The van der Waals surface area contributed by atoms with Crippen LogP contribution in [0.25, 0.3) is 0 Å². The Bertz CT molecular complexity index is 2770. The Morgan fingerprint density at radius 3 is 1.30 bits per heavy atom. The maximum Gasteiger partial charge on any atom is 0.0350 e. The molecule has 0 amide bonds. The number of aryl methyl sites for hydroxylation is 11. The summed E-state index contributed by atoms with van der Waals surface area (Å²) in [4.78, 5) is 0. The van der Waals surface area contributed by atoms with Crippen LogP contribution in [0.3, 0.4) is 0 Å². The quantitative estimate of drug-likeness (QED) is 0.150. The highest BCUT2D eigenvalue weighted by atomic mass is 14.3. The van der Waals surface area contributed by atoms with Crippen LogP contribution >= 0.6 is 0 Å². The lowest BCUT2D eigenvalue weighted by Gasteiger charge is -2.33. The van der Waals surface area contributed by atoms with Gasteiger partial charge >= 0.3 is 0 Å². The van der Waals surface area contributed by atoms with Gasteiger partial charge in [-0.3, -0.25) is 0 Å². The lowest BCUT2D eigenvalue weighted by Crippen LogP contribution is -2.18. The van der Waals surface area contributed by atoms with E-state index in [2.05, 4.69) is 241 Å². The lowest BCUT2D eigenvalue weighted by atomic mass is 9.71. The fraction of sp³-hybridized carbons (Fsp3) is 0.284. The van der Waals surface area contributed by atoms with E-state index in [-0.39, 0.29) is 5.92 Å². The van der Waals surface area contributed by atoms with E-state index in [0.717, 1.165) is 19.3 Å². The average Bonchev–Trinajstić information content (AvgIpc) is 3.30. The number of hydrogen-bond acceptors (Lipinski definition) is 0. The third kappa shape index (κ3) is 12.6. The van der Waals surface area contributed by atoms with Crippen molar-refractivity contribution in [1.29, 1.82) is 0 Å². The van der Waals surface area contributed by atoms with E-state index in [0.29, 0.717) is 5.92 Å². The highest BCUT2D eigenvalue weighted by Gasteiger charge is 2.30. The molecule has 0 bridgehead atoms. The van der Waals surface area contributed by atoms with Gasteiger partial charge in [-0.05, 0) is 197 Å². The fourth-order valence-corrected chi connectivity index (χ4v) is 10.5. The molecule has 8 aromatic carbocycles. The summed E-state index contributed by atoms with van der Waals surface area (Å²) in [6.45, 7) is 30.4. The summed E-state index contributed by atoms with van der Waals surface area (Å²) in [5.41, 5.74) is 31.0. The zero-order valence-corrected chi connectivity index (χ0v) is 43.3. The van der Waals surface area contributed by atoms with E-state index in [4.69, 9.17) is 0 Å². The van der Waals surface area contributed by atoms with Gasteiger partial charge in [0.25, 0.3) is 0 Å². The molecule has 0 heteroatoms. The summed E-state index contributed by atoms with van der Waals surface area (Å²) in [6, 6.07) is 58.8. The predicted octanol–water partition coefficient (Wildman–Crippen LogP) is 17.8. The van der Waals surface area contributed by atoms with Gasteiger partial charge in [-0.15, -0.1) is 0 Å². The molecule has 9 rings (SSSR count). The van der Waals surface area contributed by atoms with E-state index in [9.17, 15) is 0 Å². The van der Waals surface area contributed by atoms with Crippen molar-refractivity contribution in [3.05, 3.63) is 280 Å². The van der Waals surface area contributed by atoms with Gasteiger partial charge in [0.1, 0.15) is 0 Å². The minimum absolute atomic E-state index is 0.272. The van der Waals surface area contributed by atoms with Gasteiger partial charge in [0.2, 0.25) is 0 Å². The molecule has 0 heterocycles. The minimum atomic E-state index is 0.272. The zero-order valence-electron chi connectivity index (χ0n) is 43.3. The van der Waals surface area contributed by atoms with E-state index in [1.54, 1.807) is 0 Å². The molecular weight excluding hydrogens is 805 g/mol. The number of rotatable bonds is 7. The highest BCUT2D eigenvalue weighted by molar-refractivity contribution is 5.61. The first-order chi connectivity index (χ1) is 32.1. The Hall–Kier alpha value is -6.24. The molecule has 0 nitrogen and oxygen atoms in total. The Labute approximate surface area is 406 Å². The monoisotopic (exact) mass is 881 g/mol. The fourth-order valence-electron chi connectivity index (χ4n) is 10.5. The first kappa shape index (κ1) is 50.2. The molecule has 1 aliphatic carbocycles. The molecule has 1 aliphatic rings. The number of fused-ring (bicyclic) bond motifs is 2. The second kappa shape index (κ2) is 23.0. The summed E-state index contributed by atoms with van der Waals surface area (Å²) in [5.74, 6) is 0.598. The van der Waals surface area contributed by atoms with Gasteiger partial charge in [0, 0.05) is 11.8 Å². The highest BCUT2D eigenvalue weighted by Crippen LogP contribution is 2.45. The van der Waals surface area contributed by atoms with Gasteiger partial charge in [-0.1, -0.05) is 199 Å². The van der Waals surface area contributed by atoms with Crippen molar-refractivity contribution in [2.75, 3.05) is 0 Å². The Kier molecular flexibility index (Phi) is 17.2. The average molecular weight is 881 g/mol. The third-order valence-electron chi connectivity index (χ3n) is 13.8. The van der Waals surface area contributed by atoms with Crippen LogP contribution in [-0.4, -0.2) is 0 Å². The van der Waals surface area contributed by atoms with Crippen LogP contribution in [0.5, 0.6) is 0 Å². The van der Waals surface area contributed by atoms with E-state index in [1.165, 1.54) is 122 Å². The van der Waals surface area contributed by atoms with Crippen LogP contribution in [0.4, 0.5) is 0 Å². The first-order valence-electron chi connectivity index (χ1n) is 24.7. The van der Waals surface area contributed by atoms with Crippen molar-refractivity contribution >= 4 is 0 Å². The molecule has 1 atom stereocenters. The number of hydrogen-bond donors (Lipinski definition) is 0. The molecule has 0 aliphatic heterocycles. The van der Waals surface area contributed by atoms with Crippen molar-refractivity contribution in [1.82, 2.24) is 0 Å². The van der Waals surface area contributed by atoms with Crippen LogP contribution in [0.1, 0.15) is 148 Å². The molecule has 0 saturated carbocycles. The van der Waals surface area contributed by atoms with E-state index >= 15 is 0 Å². The topological polar surface area (TPSA) is 0 Å². The van der Waals surface area contributed by atoms with Gasteiger partial charge < -0.3 is 0 Å². The molecule has 0 fully saturated rings. The predicted molar refractivity (Wildman–Crippen MR) is 292 cm³/mol. The van der Waals surface area contributed by atoms with Crippen molar-refractivity contribution < 1.29 is 0 Å².